The Morgan fingerprint density at radius 1 is 1.32 bits per heavy atom. The highest BCUT2D eigenvalue weighted by atomic mass is 15.3. The summed E-state index contributed by atoms with van der Waals surface area (Å²) >= 11 is 0. The summed E-state index contributed by atoms with van der Waals surface area (Å²) < 4.78 is 1.88. The van der Waals surface area contributed by atoms with Gasteiger partial charge in [0.1, 0.15) is 12.2 Å². The number of hydrogen-bond donors (Lipinski definition) is 0. The van der Waals surface area contributed by atoms with E-state index in [0.29, 0.717) is 6.42 Å². The highest BCUT2D eigenvalue weighted by Crippen LogP contribution is 2.38. The zero-order chi connectivity index (χ0) is 13.3. The number of rotatable bonds is 3. The van der Waals surface area contributed by atoms with E-state index in [0.717, 1.165) is 25.2 Å². The first-order valence-electron chi connectivity index (χ1n) is 6.61. The fourth-order valence-corrected chi connectivity index (χ4v) is 2.93. The average Bonchev–Trinajstić information content (AvgIpc) is 3.02. The third-order valence-corrected chi connectivity index (χ3v) is 3.91. The maximum atomic E-state index is 9.64. The summed E-state index contributed by atoms with van der Waals surface area (Å²) in [6, 6.07) is 10.9. The van der Waals surface area contributed by atoms with Crippen molar-refractivity contribution >= 4 is 0 Å². The van der Waals surface area contributed by atoms with Gasteiger partial charge in [-0.2, -0.15) is 10.4 Å². The molecule has 0 amide bonds. The molecule has 1 heterocycles. The van der Waals surface area contributed by atoms with Crippen LogP contribution >= 0.6 is 0 Å². The monoisotopic (exact) mass is 252 g/mol. The lowest BCUT2D eigenvalue weighted by Gasteiger charge is -2.19. The van der Waals surface area contributed by atoms with Crippen LogP contribution < -0.4 is 0 Å². The van der Waals surface area contributed by atoms with Crippen molar-refractivity contribution in [1.82, 2.24) is 14.8 Å². The van der Waals surface area contributed by atoms with Gasteiger partial charge in [0.05, 0.1) is 11.5 Å². The van der Waals surface area contributed by atoms with Gasteiger partial charge in [0.25, 0.3) is 0 Å². The van der Waals surface area contributed by atoms with E-state index in [1.54, 1.807) is 6.33 Å². The third-order valence-electron chi connectivity index (χ3n) is 3.91. The Hall–Kier alpha value is -2.15. The van der Waals surface area contributed by atoms with Crippen LogP contribution in [0.1, 0.15) is 23.9 Å². The summed E-state index contributed by atoms with van der Waals surface area (Å²) in [6.07, 6.45) is 3.88. The van der Waals surface area contributed by atoms with E-state index in [-0.39, 0.29) is 5.41 Å². The molecule has 0 unspecified atom stereocenters. The van der Waals surface area contributed by atoms with Gasteiger partial charge in [-0.1, -0.05) is 24.3 Å². The average molecular weight is 252 g/mol. The van der Waals surface area contributed by atoms with E-state index < -0.39 is 0 Å². The Bertz CT molecular complexity index is 611. The standard InChI is InChI=1S/C15H16N4/c1-2-19-14(17-11-18-19)9-15(10-16)7-12-5-3-4-6-13(12)8-15/h3-6,11H,2,7-9H2,1H3. The van der Waals surface area contributed by atoms with Gasteiger partial charge in [-0.15, -0.1) is 0 Å². The number of aryl methyl sites for hydroxylation is 1. The highest BCUT2D eigenvalue weighted by Gasteiger charge is 2.38. The van der Waals surface area contributed by atoms with E-state index in [1.807, 2.05) is 23.7 Å². The Morgan fingerprint density at radius 2 is 2.00 bits per heavy atom. The molecule has 0 aliphatic heterocycles. The summed E-state index contributed by atoms with van der Waals surface area (Å²) in [5.74, 6) is 0.914. The van der Waals surface area contributed by atoms with Gasteiger partial charge in [0, 0.05) is 13.0 Å². The van der Waals surface area contributed by atoms with Crippen molar-refractivity contribution in [3.05, 3.63) is 47.5 Å². The van der Waals surface area contributed by atoms with E-state index >= 15 is 0 Å². The number of aromatic nitrogens is 3. The van der Waals surface area contributed by atoms with Crippen molar-refractivity contribution in [3.8, 4) is 6.07 Å². The van der Waals surface area contributed by atoms with E-state index in [2.05, 4.69) is 28.3 Å². The van der Waals surface area contributed by atoms with E-state index in [1.165, 1.54) is 11.1 Å². The fourth-order valence-electron chi connectivity index (χ4n) is 2.93. The Labute approximate surface area is 112 Å². The van der Waals surface area contributed by atoms with Gasteiger partial charge in [-0.25, -0.2) is 4.98 Å². The first-order chi connectivity index (χ1) is 9.26. The van der Waals surface area contributed by atoms with Gasteiger partial charge in [-0.3, -0.25) is 4.68 Å². The molecule has 3 rings (SSSR count). The molecule has 0 fully saturated rings. The predicted octanol–water partition coefficient (Wildman–Crippen LogP) is 2.15. The number of fused-ring (bicyclic) bond motifs is 1. The molecule has 0 saturated carbocycles. The molecular weight excluding hydrogens is 236 g/mol. The Morgan fingerprint density at radius 3 is 2.58 bits per heavy atom. The van der Waals surface area contributed by atoms with Gasteiger partial charge in [0.15, 0.2) is 0 Å². The van der Waals surface area contributed by atoms with Gasteiger partial charge in [-0.05, 0) is 30.9 Å². The lowest BCUT2D eigenvalue weighted by molar-refractivity contribution is 0.395. The van der Waals surface area contributed by atoms with Crippen LogP contribution in [0.5, 0.6) is 0 Å². The molecule has 4 heteroatoms. The zero-order valence-electron chi connectivity index (χ0n) is 11.0. The summed E-state index contributed by atoms with van der Waals surface area (Å²) in [4.78, 5) is 4.31. The van der Waals surface area contributed by atoms with Crippen molar-refractivity contribution in [2.75, 3.05) is 0 Å². The maximum absolute atomic E-state index is 9.64. The Kier molecular flexibility index (Phi) is 2.83. The number of nitrogens with zero attached hydrogens (tertiary/aromatic N) is 4. The molecule has 1 aromatic heterocycles. The zero-order valence-corrected chi connectivity index (χ0v) is 11.0. The lowest BCUT2D eigenvalue weighted by atomic mass is 9.82. The smallest absolute Gasteiger partial charge is 0.138 e. The van der Waals surface area contributed by atoms with Crippen LogP contribution in [-0.2, 0) is 25.8 Å². The molecule has 96 valence electrons. The largest absolute Gasteiger partial charge is 0.250 e. The van der Waals surface area contributed by atoms with Crippen molar-refractivity contribution < 1.29 is 0 Å². The molecule has 1 aliphatic rings. The Balaban J connectivity index is 1.90. The lowest BCUT2D eigenvalue weighted by Crippen LogP contribution is -2.24. The van der Waals surface area contributed by atoms with Crippen LogP contribution in [0.25, 0.3) is 0 Å². The normalized spacial score (nSPS) is 16.0. The molecule has 2 aromatic rings. The van der Waals surface area contributed by atoms with Crippen molar-refractivity contribution in [1.29, 1.82) is 5.26 Å². The fraction of sp³-hybridized carbons (Fsp3) is 0.400. The van der Waals surface area contributed by atoms with Crippen LogP contribution in [-0.4, -0.2) is 14.8 Å². The summed E-state index contributed by atoms with van der Waals surface area (Å²) in [5, 5.41) is 13.8. The minimum atomic E-state index is -0.357. The molecule has 0 atom stereocenters. The summed E-state index contributed by atoms with van der Waals surface area (Å²) in [6.45, 7) is 2.84. The second kappa shape index (κ2) is 4.51. The van der Waals surface area contributed by atoms with Crippen LogP contribution in [0.2, 0.25) is 0 Å². The highest BCUT2D eigenvalue weighted by molar-refractivity contribution is 5.37. The van der Waals surface area contributed by atoms with Crippen LogP contribution in [0.4, 0.5) is 0 Å². The second-order valence-corrected chi connectivity index (χ2v) is 5.18. The molecule has 0 radical (unpaired) electrons. The number of nitriles is 1. The topological polar surface area (TPSA) is 54.5 Å². The van der Waals surface area contributed by atoms with E-state index in [9.17, 15) is 5.26 Å². The first-order valence-corrected chi connectivity index (χ1v) is 6.61. The van der Waals surface area contributed by atoms with E-state index in [4.69, 9.17) is 0 Å². The van der Waals surface area contributed by atoms with Crippen molar-refractivity contribution in [3.63, 3.8) is 0 Å². The molecule has 0 saturated heterocycles. The molecule has 4 nitrogen and oxygen atoms in total. The molecule has 0 spiro atoms. The predicted molar refractivity (Wildman–Crippen MR) is 71.3 cm³/mol. The van der Waals surface area contributed by atoms with Crippen LogP contribution in [0.15, 0.2) is 30.6 Å². The minimum absolute atomic E-state index is 0.357. The molecule has 1 aromatic carbocycles. The van der Waals surface area contributed by atoms with Gasteiger partial charge >= 0.3 is 0 Å². The summed E-state index contributed by atoms with van der Waals surface area (Å²) in [5.41, 5.74) is 2.24. The molecule has 0 bridgehead atoms. The third kappa shape index (κ3) is 2.01. The van der Waals surface area contributed by atoms with Crippen molar-refractivity contribution in [2.24, 2.45) is 5.41 Å². The number of benzene rings is 1. The molecule has 19 heavy (non-hydrogen) atoms. The molecule has 0 N–H and O–H groups in total. The SMILES string of the molecule is CCn1ncnc1CC1(C#N)Cc2ccccc2C1. The number of hydrogen-bond acceptors (Lipinski definition) is 3. The second-order valence-electron chi connectivity index (χ2n) is 5.18. The minimum Gasteiger partial charge on any atom is -0.250 e. The van der Waals surface area contributed by atoms with Crippen LogP contribution in [0.3, 0.4) is 0 Å². The van der Waals surface area contributed by atoms with Crippen LogP contribution in [0, 0.1) is 16.7 Å². The summed E-state index contributed by atoms with van der Waals surface area (Å²) in [7, 11) is 0. The molecular formula is C15H16N4. The van der Waals surface area contributed by atoms with Gasteiger partial charge < -0.3 is 0 Å². The maximum Gasteiger partial charge on any atom is 0.138 e. The molecule has 1 aliphatic carbocycles. The quantitative estimate of drug-likeness (QED) is 0.841. The van der Waals surface area contributed by atoms with Crippen molar-refractivity contribution in [2.45, 2.75) is 32.7 Å². The first kappa shape index (κ1) is 11.9. The van der Waals surface area contributed by atoms with Gasteiger partial charge in [0.2, 0.25) is 0 Å².